The molecule has 1 atom stereocenters. The number of hydrogen-bond acceptors (Lipinski definition) is 4. The minimum Gasteiger partial charge on any atom is -0.341 e. The molecule has 0 saturated carbocycles. The number of amides is 1. The Morgan fingerprint density at radius 1 is 1.40 bits per heavy atom. The van der Waals surface area contributed by atoms with Crippen molar-refractivity contribution in [1.82, 2.24) is 19.2 Å². The van der Waals surface area contributed by atoms with E-state index in [-0.39, 0.29) is 30.0 Å². The fourth-order valence-corrected chi connectivity index (χ4v) is 4.72. The Bertz CT molecular complexity index is 866. The first kappa shape index (κ1) is 17.7. The van der Waals surface area contributed by atoms with E-state index in [4.69, 9.17) is 0 Å². The van der Waals surface area contributed by atoms with Gasteiger partial charge in [0.1, 0.15) is 5.69 Å². The fraction of sp³-hybridized carbons (Fsp3) is 0.529. The lowest BCUT2D eigenvalue weighted by Crippen LogP contribution is -2.46. The zero-order valence-corrected chi connectivity index (χ0v) is 15.6. The number of nitrogens with zero attached hydrogens (tertiary/aromatic N) is 4. The van der Waals surface area contributed by atoms with E-state index in [0.29, 0.717) is 12.2 Å². The van der Waals surface area contributed by atoms with Crippen LogP contribution in [0.15, 0.2) is 30.7 Å². The Morgan fingerprint density at radius 3 is 2.80 bits per heavy atom. The summed E-state index contributed by atoms with van der Waals surface area (Å²) in [5.74, 6) is -0.196. The Hall–Kier alpha value is -2.09. The Labute approximate surface area is 148 Å². The summed E-state index contributed by atoms with van der Waals surface area (Å²) in [6.07, 6.45) is 5.37. The van der Waals surface area contributed by atoms with E-state index in [0.717, 1.165) is 5.56 Å². The molecule has 8 heteroatoms. The lowest BCUT2D eigenvalue weighted by Gasteiger charge is -2.35. The van der Waals surface area contributed by atoms with Crippen molar-refractivity contribution in [1.29, 1.82) is 0 Å². The van der Waals surface area contributed by atoms with Gasteiger partial charge in [-0.1, -0.05) is 0 Å². The van der Waals surface area contributed by atoms with Crippen molar-refractivity contribution < 1.29 is 13.2 Å². The molecule has 2 aromatic rings. The van der Waals surface area contributed by atoms with Crippen LogP contribution < -0.4 is 0 Å². The summed E-state index contributed by atoms with van der Waals surface area (Å²) in [5.41, 5.74) is 1.35. The Kier molecular flexibility index (Phi) is 4.73. The molecule has 1 amide bonds. The SMILES string of the molecule is CCn1cc(C2CS(=O)(=O)CCN2C(=O)c2cccn2C(C)C)cn1. The second kappa shape index (κ2) is 6.67. The van der Waals surface area contributed by atoms with Crippen LogP contribution in [0.2, 0.25) is 0 Å². The van der Waals surface area contributed by atoms with Crippen molar-refractivity contribution in [2.75, 3.05) is 18.1 Å². The van der Waals surface area contributed by atoms with Gasteiger partial charge in [-0.3, -0.25) is 9.48 Å². The molecule has 3 heterocycles. The smallest absolute Gasteiger partial charge is 0.271 e. The van der Waals surface area contributed by atoms with Gasteiger partial charge in [0.2, 0.25) is 0 Å². The molecule has 0 aromatic carbocycles. The summed E-state index contributed by atoms with van der Waals surface area (Å²) in [6, 6.07) is 3.29. The zero-order chi connectivity index (χ0) is 18.2. The van der Waals surface area contributed by atoms with Gasteiger partial charge in [0, 0.05) is 37.1 Å². The molecule has 1 fully saturated rings. The van der Waals surface area contributed by atoms with Gasteiger partial charge in [-0.2, -0.15) is 5.10 Å². The van der Waals surface area contributed by atoms with Crippen LogP contribution in [-0.2, 0) is 16.4 Å². The number of hydrogen-bond donors (Lipinski definition) is 0. The van der Waals surface area contributed by atoms with Crippen LogP contribution in [0.3, 0.4) is 0 Å². The van der Waals surface area contributed by atoms with Crippen molar-refractivity contribution in [3.05, 3.63) is 42.0 Å². The Morgan fingerprint density at radius 2 is 2.16 bits per heavy atom. The third-order valence-corrected chi connectivity index (χ3v) is 6.24. The predicted molar refractivity (Wildman–Crippen MR) is 95.1 cm³/mol. The van der Waals surface area contributed by atoms with Gasteiger partial charge in [-0.05, 0) is 32.9 Å². The second-order valence-electron chi connectivity index (χ2n) is 6.65. The highest BCUT2D eigenvalue weighted by atomic mass is 32.2. The van der Waals surface area contributed by atoms with Crippen molar-refractivity contribution >= 4 is 15.7 Å². The average Bonchev–Trinajstić information content (AvgIpc) is 3.22. The van der Waals surface area contributed by atoms with E-state index in [1.165, 1.54) is 0 Å². The predicted octanol–water partition coefficient (Wildman–Crippen LogP) is 1.90. The third-order valence-electron chi connectivity index (χ3n) is 4.61. The molecule has 136 valence electrons. The van der Waals surface area contributed by atoms with E-state index >= 15 is 0 Å². The molecule has 3 rings (SSSR count). The van der Waals surface area contributed by atoms with Gasteiger partial charge in [0.05, 0.1) is 23.7 Å². The van der Waals surface area contributed by atoms with Crippen LogP contribution in [0.1, 0.15) is 48.9 Å². The maximum Gasteiger partial charge on any atom is 0.271 e. The molecule has 0 spiro atoms. The number of sulfone groups is 1. The largest absolute Gasteiger partial charge is 0.341 e. The monoisotopic (exact) mass is 364 g/mol. The number of carbonyl (C=O) groups is 1. The molecule has 0 radical (unpaired) electrons. The average molecular weight is 364 g/mol. The lowest BCUT2D eigenvalue weighted by atomic mass is 10.1. The molecule has 1 unspecified atom stereocenters. The first-order chi connectivity index (χ1) is 11.8. The van der Waals surface area contributed by atoms with Crippen LogP contribution in [0.4, 0.5) is 0 Å². The van der Waals surface area contributed by atoms with Gasteiger partial charge in [0.25, 0.3) is 5.91 Å². The van der Waals surface area contributed by atoms with Crippen LogP contribution in [0.25, 0.3) is 0 Å². The lowest BCUT2D eigenvalue weighted by molar-refractivity contribution is 0.0684. The van der Waals surface area contributed by atoms with Crippen LogP contribution in [-0.4, -0.2) is 51.6 Å². The van der Waals surface area contributed by atoms with Gasteiger partial charge >= 0.3 is 0 Å². The molecule has 0 aliphatic carbocycles. The summed E-state index contributed by atoms with van der Waals surface area (Å²) in [7, 11) is -3.18. The van der Waals surface area contributed by atoms with Crippen LogP contribution in [0, 0.1) is 0 Å². The molecule has 0 N–H and O–H groups in total. The van der Waals surface area contributed by atoms with Gasteiger partial charge in [0.15, 0.2) is 9.84 Å². The van der Waals surface area contributed by atoms with Crippen molar-refractivity contribution in [2.24, 2.45) is 0 Å². The first-order valence-electron chi connectivity index (χ1n) is 8.53. The van der Waals surface area contributed by atoms with E-state index in [9.17, 15) is 13.2 Å². The molecule has 7 nitrogen and oxygen atoms in total. The standard InChI is InChI=1S/C17H24N4O3S/c1-4-19-11-14(10-18-19)16-12-25(23,24)9-8-21(16)17(22)15-6-5-7-20(15)13(2)3/h5-7,10-11,13,16H,4,8-9,12H2,1-3H3. The molecule has 0 bridgehead atoms. The zero-order valence-electron chi connectivity index (χ0n) is 14.8. The van der Waals surface area contributed by atoms with Crippen molar-refractivity contribution in [2.45, 2.75) is 39.4 Å². The molecular formula is C17H24N4O3S. The van der Waals surface area contributed by atoms with Crippen molar-refractivity contribution in [3.8, 4) is 0 Å². The normalized spacial score (nSPS) is 20.2. The molecule has 1 aliphatic heterocycles. The van der Waals surface area contributed by atoms with Gasteiger partial charge < -0.3 is 9.47 Å². The second-order valence-corrected chi connectivity index (χ2v) is 8.88. The summed E-state index contributed by atoms with van der Waals surface area (Å²) in [6.45, 7) is 6.89. The van der Waals surface area contributed by atoms with Gasteiger partial charge in [-0.15, -0.1) is 0 Å². The summed E-state index contributed by atoms with van der Waals surface area (Å²) in [5, 5.41) is 4.24. The minimum atomic E-state index is -3.18. The summed E-state index contributed by atoms with van der Waals surface area (Å²) in [4.78, 5) is 14.8. The molecule has 1 saturated heterocycles. The van der Waals surface area contributed by atoms with Crippen LogP contribution in [0.5, 0.6) is 0 Å². The highest BCUT2D eigenvalue weighted by Gasteiger charge is 2.37. The van der Waals surface area contributed by atoms with E-state index in [2.05, 4.69) is 5.10 Å². The number of rotatable bonds is 4. The van der Waals surface area contributed by atoms with E-state index < -0.39 is 15.9 Å². The number of aromatic nitrogens is 3. The molecular weight excluding hydrogens is 340 g/mol. The van der Waals surface area contributed by atoms with Crippen LogP contribution >= 0.6 is 0 Å². The summed E-state index contributed by atoms with van der Waals surface area (Å²) < 4.78 is 28.0. The molecule has 2 aromatic heterocycles. The molecule has 1 aliphatic rings. The number of aryl methyl sites for hydroxylation is 1. The fourth-order valence-electron chi connectivity index (χ4n) is 3.22. The van der Waals surface area contributed by atoms with E-state index in [1.54, 1.807) is 21.8 Å². The van der Waals surface area contributed by atoms with Gasteiger partial charge in [-0.25, -0.2) is 8.42 Å². The Balaban J connectivity index is 1.97. The highest BCUT2D eigenvalue weighted by Crippen LogP contribution is 2.28. The molecule has 25 heavy (non-hydrogen) atoms. The minimum absolute atomic E-state index is 0.000454. The first-order valence-corrected chi connectivity index (χ1v) is 10.3. The topological polar surface area (TPSA) is 77.2 Å². The van der Waals surface area contributed by atoms with E-state index in [1.807, 2.05) is 43.8 Å². The maximum absolute atomic E-state index is 13.1. The third kappa shape index (κ3) is 3.49. The number of carbonyl (C=O) groups excluding carboxylic acids is 1. The maximum atomic E-state index is 13.1. The van der Waals surface area contributed by atoms with Crippen molar-refractivity contribution in [3.63, 3.8) is 0 Å². The highest BCUT2D eigenvalue weighted by molar-refractivity contribution is 7.91. The summed E-state index contributed by atoms with van der Waals surface area (Å²) >= 11 is 0. The quantitative estimate of drug-likeness (QED) is 0.830.